The van der Waals surface area contributed by atoms with Crippen LogP contribution in [0.3, 0.4) is 0 Å². The first kappa shape index (κ1) is 10.9. The average Bonchev–Trinajstić information content (AvgIpc) is 2.20. The molecule has 0 saturated heterocycles. The Kier molecular flexibility index (Phi) is 4.32. The van der Waals surface area contributed by atoms with Crippen molar-refractivity contribution >= 4 is 27.6 Å². The van der Waals surface area contributed by atoms with E-state index in [1.54, 1.807) is 0 Å². The normalized spacial score (nSPS) is 11.1. The van der Waals surface area contributed by atoms with Crippen molar-refractivity contribution in [3.63, 3.8) is 0 Å². The lowest BCUT2D eigenvalue weighted by Gasteiger charge is -2.00. The second-order valence-corrected chi connectivity index (χ2v) is 3.18. The summed E-state index contributed by atoms with van der Waals surface area (Å²) in [5.41, 5.74) is 1.63. The van der Waals surface area contributed by atoms with Crippen LogP contribution in [0, 0.1) is 0 Å². The van der Waals surface area contributed by atoms with Crippen molar-refractivity contribution in [2.24, 2.45) is 5.16 Å². The van der Waals surface area contributed by atoms with Crippen molar-refractivity contribution in [3.8, 4) is 0 Å². The maximum absolute atomic E-state index is 10.6. The zero-order chi connectivity index (χ0) is 10.4. The van der Waals surface area contributed by atoms with E-state index in [2.05, 4.69) is 25.9 Å². The Hall–Kier alpha value is -1.16. The molecule has 0 saturated carbocycles. The highest BCUT2D eigenvalue weighted by Gasteiger charge is 2.02. The highest BCUT2D eigenvalue weighted by Crippen LogP contribution is 2.04. The summed E-state index contributed by atoms with van der Waals surface area (Å²) in [5, 5.41) is 4.28. The molecule has 1 aromatic carbocycles. The molecule has 0 atom stereocenters. The summed E-state index contributed by atoms with van der Waals surface area (Å²) in [6.45, 7) is 1.32. The Balaban J connectivity index is 2.82. The number of hydrogen-bond acceptors (Lipinski definition) is 3. The number of carbonyl (C=O) groups excluding carboxylic acids is 1. The molecule has 0 bridgehead atoms. The van der Waals surface area contributed by atoms with Gasteiger partial charge in [-0.1, -0.05) is 51.4 Å². The van der Waals surface area contributed by atoms with Crippen LogP contribution in [0.25, 0.3) is 0 Å². The predicted octanol–water partition coefficient (Wildman–Crippen LogP) is 2.35. The molecule has 0 aliphatic carbocycles. The molecule has 0 unspecified atom stereocenters. The fourth-order valence-corrected chi connectivity index (χ4v) is 1.33. The highest BCUT2D eigenvalue weighted by atomic mass is 79.9. The molecule has 0 heterocycles. The van der Waals surface area contributed by atoms with Crippen LogP contribution in [0.5, 0.6) is 0 Å². The van der Waals surface area contributed by atoms with Gasteiger partial charge in [0.1, 0.15) is 0 Å². The molecular formula is C10H10BrNO2. The van der Waals surface area contributed by atoms with Gasteiger partial charge in [0, 0.05) is 17.8 Å². The van der Waals surface area contributed by atoms with E-state index in [0.717, 1.165) is 5.56 Å². The maximum atomic E-state index is 10.6. The van der Waals surface area contributed by atoms with Gasteiger partial charge in [-0.3, -0.25) is 0 Å². The summed E-state index contributed by atoms with van der Waals surface area (Å²) < 4.78 is 0. The van der Waals surface area contributed by atoms with Gasteiger partial charge in [0.05, 0.1) is 5.71 Å². The monoisotopic (exact) mass is 255 g/mol. The summed E-state index contributed by atoms with van der Waals surface area (Å²) in [6.07, 6.45) is 0. The number of hydrogen-bond donors (Lipinski definition) is 0. The third kappa shape index (κ3) is 3.30. The minimum atomic E-state index is -0.417. The Labute approximate surface area is 90.9 Å². The van der Waals surface area contributed by atoms with Gasteiger partial charge >= 0.3 is 5.97 Å². The first-order valence-corrected chi connectivity index (χ1v) is 5.22. The summed E-state index contributed by atoms with van der Waals surface area (Å²) in [5.74, 6) is -0.417. The van der Waals surface area contributed by atoms with Gasteiger partial charge in [-0.25, -0.2) is 4.79 Å². The molecular weight excluding hydrogens is 246 g/mol. The van der Waals surface area contributed by atoms with Gasteiger partial charge in [-0.15, -0.1) is 0 Å². The van der Waals surface area contributed by atoms with Crippen LogP contribution in [0.15, 0.2) is 35.5 Å². The molecule has 1 rings (SSSR count). The van der Waals surface area contributed by atoms with Crippen molar-refractivity contribution in [2.75, 3.05) is 5.33 Å². The standard InChI is InChI=1S/C10H10BrNO2/c1-8(13)14-12-10(7-11)9-5-3-2-4-6-9/h2-6H,7H2,1H3. The Morgan fingerprint density at radius 2 is 2.07 bits per heavy atom. The molecule has 0 N–H and O–H groups in total. The lowest BCUT2D eigenvalue weighted by atomic mass is 10.1. The topological polar surface area (TPSA) is 38.7 Å². The third-order valence-corrected chi connectivity index (χ3v) is 2.05. The number of nitrogens with zero attached hydrogens (tertiary/aromatic N) is 1. The number of rotatable bonds is 3. The van der Waals surface area contributed by atoms with Gasteiger partial charge in [0.2, 0.25) is 0 Å². The molecule has 4 heteroatoms. The van der Waals surface area contributed by atoms with Crippen molar-refractivity contribution in [1.82, 2.24) is 0 Å². The lowest BCUT2D eigenvalue weighted by molar-refractivity contribution is -0.140. The summed E-state index contributed by atoms with van der Waals surface area (Å²) in [6, 6.07) is 9.54. The van der Waals surface area contributed by atoms with Crippen LogP contribution in [-0.2, 0) is 9.63 Å². The smallest absolute Gasteiger partial charge is 0.318 e. The Bertz CT molecular complexity index is 335. The molecule has 1 aromatic rings. The predicted molar refractivity (Wildman–Crippen MR) is 58.5 cm³/mol. The molecule has 0 spiro atoms. The summed E-state index contributed by atoms with van der Waals surface area (Å²) >= 11 is 3.28. The van der Waals surface area contributed by atoms with Crippen LogP contribution in [0.4, 0.5) is 0 Å². The van der Waals surface area contributed by atoms with Gasteiger partial charge in [-0.2, -0.15) is 0 Å². The zero-order valence-corrected chi connectivity index (χ0v) is 9.32. The Morgan fingerprint density at radius 3 is 2.57 bits per heavy atom. The number of halogens is 1. The number of oxime groups is 1. The highest BCUT2D eigenvalue weighted by molar-refractivity contribution is 9.09. The lowest BCUT2D eigenvalue weighted by Crippen LogP contribution is -2.04. The van der Waals surface area contributed by atoms with Gasteiger partial charge in [0.25, 0.3) is 0 Å². The maximum Gasteiger partial charge on any atom is 0.331 e. The van der Waals surface area contributed by atoms with E-state index in [1.807, 2.05) is 30.3 Å². The fourth-order valence-electron chi connectivity index (χ4n) is 0.904. The van der Waals surface area contributed by atoms with Crippen molar-refractivity contribution in [3.05, 3.63) is 35.9 Å². The number of benzene rings is 1. The average molecular weight is 256 g/mol. The van der Waals surface area contributed by atoms with E-state index in [1.165, 1.54) is 6.92 Å². The molecule has 0 aromatic heterocycles. The van der Waals surface area contributed by atoms with E-state index in [-0.39, 0.29) is 0 Å². The van der Waals surface area contributed by atoms with E-state index < -0.39 is 5.97 Å². The molecule has 0 radical (unpaired) electrons. The molecule has 74 valence electrons. The first-order valence-electron chi connectivity index (χ1n) is 4.10. The third-order valence-electron chi connectivity index (χ3n) is 1.52. The van der Waals surface area contributed by atoms with Gasteiger partial charge in [0.15, 0.2) is 0 Å². The molecule has 0 aliphatic heterocycles. The van der Waals surface area contributed by atoms with E-state index in [9.17, 15) is 4.79 Å². The summed E-state index contributed by atoms with van der Waals surface area (Å²) in [7, 11) is 0. The zero-order valence-electron chi connectivity index (χ0n) is 7.74. The second-order valence-electron chi connectivity index (χ2n) is 2.62. The molecule has 14 heavy (non-hydrogen) atoms. The molecule has 0 aliphatic rings. The van der Waals surface area contributed by atoms with E-state index >= 15 is 0 Å². The fraction of sp³-hybridized carbons (Fsp3) is 0.200. The van der Waals surface area contributed by atoms with Gasteiger partial charge in [-0.05, 0) is 0 Å². The van der Waals surface area contributed by atoms with Gasteiger partial charge < -0.3 is 4.84 Å². The van der Waals surface area contributed by atoms with Crippen LogP contribution in [0.1, 0.15) is 12.5 Å². The van der Waals surface area contributed by atoms with Crippen molar-refractivity contribution in [1.29, 1.82) is 0 Å². The second kappa shape index (κ2) is 5.54. The van der Waals surface area contributed by atoms with Crippen LogP contribution < -0.4 is 0 Å². The molecule has 0 fully saturated rings. The number of carbonyl (C=O) groups is 1. The minimum absolute atomic E-state index is 0.417. The largest absolute Gasteiger partial charge is 0.331 e. The quantitative estimate of drug-likeness (QED) is 0.360. The van der Waals surface area contributed by atoms with Crippen LogP contribution in [0.2, 0.25) is 0 Å². The van der Waals surface area contributed by atoms with E-state index in [0.29, 0.717) is 11.0 Å². The number of alkyl halides is 1. The van der Waals surface area contributed by atoms with Crippen molar-refractivity contribution in [2.45, 2.75) is 6.92 Å². The van der Waals surface area contributed by atoms with Crippen LogP contribution >= 0.6 is 15.9 Å². The summed E-state index contributed by atoms with van der Waals surface area (Å²) in [4.78, 5) is 15.1. The van der Waals surface area contributed by atoms with Crippen LogP contribution in [-0.4, -0.2) is 17.0 Å². The molecule has 0 amide bonds. The SMILES string of the molecule is CC(=O)ON=C(CBr)c1ccccc1. The van der Waals surface area contributed by atoms with E-state index in [4.69, 9.17) is 0 Å². The first-order chi connectivity index (χ1) is 6.74. The molecule has 3 nitrogen and oxygen atoms in total. The van der Waals surface area contributed by atoms with Crippen molar-refractivity contribution < 1.29 is 9.63 Å². The Morgan fingerprint density at radius 1 is 1.43 bits per heavy atom. The minimum Gasteiger partial charge on any atom is -0.318 e.